The van der Waals surface area contributed by atoms with Crippen LogP contribution in [0, 0.1) is 17.8 Å². The summed E-state index contributed by atoms with van der Waals surface area (Å²) in [6.45, 7) is 11.0. The molecule has 4 aliphatic heterocycles. The monoisotopic (exact) mass is 754 g/mol. The molecule has 0 radical (unpaired) electrons. The molecule has 290 valence electrons. The average Bonchev–Trinajstić information content (AvgIpc) is 3.50. The van der Waals surface area contributed by atoms with Gasteiger partial charge in [-0.25, -0.2) is 9.97 Å². The lowest BCUT2D eigenvalue weighted by Crippen LogP contribution is -2.73. The predicted molar refractivity (Wildman–Crippen MR) is 214 cm³/mol. The number of carboxylic acid groups (broad SMARTS) is 1. The Morgan fingerprint density at radius 2 is 1.65 bits per heavy atom. The molecular formula is C43H58N6O4S. The lowest BCUT2D eigenvalue weighted by atomic mass is 9.72. The van der Waals surface area contributed by atoms with Gasteiger partial charge in [-0.15, -0.1) is 11.3 Å². The minimum atomic E-state index is -0.933. The van der Waals surface area contributed by atoms with Gasteiger partial charge in [0.05, 0.1) is 34.5 Å². The van der Waals surface area contributed by atoms with Crippen LogP contribution in [0.15, 0.2) is 48.8 Å². The third-order valence-corrected chi connectivity index (χ3v) is 14.2. The van der Waals surface area contributed by atoms with Gasteiger partial charge in [0, 0.05) is 36.1 Å². The van der Waals surface area contributed by atoms with E-state index in [-0.39, 0.29) is 29.7 Å². The summed E-state index contributed by atoms with van der Waals surface area (Å²) in [5.41, 5.74) is 1.83. The summed E-state index contributed by atoms with van der Waals surface area (Å²) >= 11 is 1.44. The summed E-state index contributed by atoms with van der Waals surface area (Å²) in [4.78, 5) is 53.3. The molecule has 1 unspecified atom stereocenters. The molecule has 1 aromatic carbocycles. The van der Waals surface area contributed by atoms with E-state index in [1.165, 1.54) is 62.7 Å². The van der Waals surface area contributed by atoms with Crippen molar-refractivity contribution in [2.24, 2.45) is 17.8 Å². The van der Waals surface area contributed by atoms with E-state index in [4.69, 9.17) is 9.97 Å². The van der Waals surface area contributed by atoms with E-state index in [0.29, 0.717) is 30.0 Å². The number of nitrogens with zero attached hydrogens (tertiary/aromatic N) is 3. The third-order valence-electron chi connectivity index (χ3n) is 12.7. The second-order valence-electron chi connectivity index (χ2n) is 17.5. The SMILES string of the molecule is CCC[C@H]1CC[C@H](C2CCN(c3cnc(-c4ccc(C[C@H](NC(=O)c5ccc(C(C)(C)C)s5)C(=O)[C@]56CN[C@@H](C(=O)O)CC(C5)N6)cc4)nc3)CC2)CC1. The molecule has 11 heteroatoms. The second kappa shape index (κ2) is 16.2. The van der Waals surface area contributed by atoms with Gasteiger partial charge in [-0.1, -0.05) is 77.6 Å². The molecule has 2 bridgehead atoms. The fourth-order valence-corrected chi connectivity index (χ4v) is 10.4. The van der Waals surface area contributed by atoms with Crippen molar-refractivity contribution in [1.29, 1.82) is 0 Å². The summed E-state index contributed by atoms with van der Waals surface area (Å²) in [7, 11) is 0. The van der Waals surface area contributed by atoms with Crippen molar-refractivity contribution in [2.45, 2.75) is 127 Å². The van der Waals surface area contributed by atoms with Crippen molar-refractivity contribution < 1.29 is 19.5 Å². The summed E-state index contributed by atoms with van der Waals surface area (Å²) in [5.74, 6) is 2.02. The number of hydrogen-bond acceptors (Lipinski definition) is 9. The lowest BCUT2D eigenvalue weighted by Gasteiger charge is -2.47. The zero-order valence-corrected chi connectivity index (χ0v) is 33.2. The van der Waals surface area contributed by atoms with E-state index >= 15 is 0 Å². The van der Waals surface area contributed by atoms with E-state index in [2.05, 4.69) is 48.5 Å². The number of aliphatic carboxylic acids is 1. The molecule has 4 atom stereocenters. The van der Waals surface area contributed by atoms with Gasteiger partial charge in [0.2, 0.25) is 0 Å². The number of anilines is 1. The normalized spacial score (nSPS) is 26.7. The lowest BCUT2D eigenvalue weighted by molar-refractivity contribution is -0.139. The number of fused-ring (bicyclic) bond motifs is 3. The molecule has 8 rings (SSSR count). The molecule has 6 heterocycles. The Bertz CT molecular complexity index is 1760. The van der Waals surface area contributed by atoms with E-state index < -0.39 is 23.6 Å². The fourth-order valence-electron chi connectivity index (χ4n) is 9.45. The minimum absolute atomic E-state index is 0.0642. The minimum Gasteiger partial charge on any atom is -0.480 e. The first-order valence-electron chi connectivity index (χ1n) is 20.3. The highest BCUT2D eigenvalue weighted by molar-refractivity contribution is 7.14. The number of carbonyl (C=O) groups excluding carboxylic acids is 2. The van der Waals surface area contributed by atoms with E-state index in [0.717, 1.165) is 52.5 Å². The maximum Gasteiger partial charge on any atom is 0.320 e. The van der Waals surface area contributed by atoms with Crippen LogP contribution in [0.4, 0.5) is 5.69 Å². The molecular weight excluding hydrogens is 697 g/mol. The first-order valence-corrected chi connectivity index (χ1v) is 21.1. The number of piperidine rings is 1. The van der Waals surface area contributed by atoms with Gasteiger partial charge in [-0.2, -0.15) is 0 Å². The number of amides is 1. The van der Waals surface area contributed by atoms with Gasteiger partial charge >= 0.3 is 5.97 Å². The van der Waals surface area contributed by atoms with Crippen molar-refractivity contribution in [1.82, 2.24) is 25.9 Å². The van der Waals surface area contributed by atoms with Gasteiger partial charge in [-0.05, 0) is 85.8 Å². The summed E-state index contributed by atoms with van der Waals surface area (Å²) < 4.78 is 0. The summed E-state index contributed by atoms with van der Waals surface area (Å²) in [6, 6.07) is 10.1. The molecule has 5 fully saturated rings. The number of aromatic nitrogens is 2. The van der Waals surface area contributed by atoms with Crippen LogP contribution in [0.25, 0.3) is 11.4 Å². The number of carbonyl (C=O) groups is 3. The number of nitrogens with one attached hydrogen (secondary N) is 3. The van der Waals surface area contributed by atoms with Crippen molar-refractivity contribution >= 4 is 34.7 Å². The Morgan fingerprint density at radius 1 is 0.981 bits per heavy atom. The molecule has 54 heavy (non-hydrogen) atoms. The smallest absolute Gasteiger partial charge is 0.320 e. The number of hydrogen-bond donors (Lipinski definition) is 4. The molecule has 10 nitrogen and oxygen atoms in total. The van der Waals surface area contributed by atoms with Crippen LogP contribution < -0.4 is 20.9 Å². The van der Waals surface area contributed by atoms with E-state index in [1.54, 1.807) is 0 Å². The van der Waals surface area contributed by atoms with Crippen LogP contribution in [-0.4, -0.2) is 76.0 Å². The molecule has 1 saturated carbocycles. The molecule has 4 N–H and O–H groups in total. The van der Waals surface area contributed by atoms with E-state index in [1.807, 2.05) is 48.8 Å². The quantitative estimate of drug-likeness (QED) is 0.158. The van der Waals surface area contributed by atoms with Crippen molar-refractivity contribution in [3.05, 3.63) is 64.1 Å². The number of benzene rings is 1. The highest BCUT2D eigenvalue weighted by Gasteiger charge is 2.54. The Hall–Kier alpha value is -3.67. The molecule has 0 spiro atoms. The predicted octanol–water partition coefficient (Wildman–Crippen LogP) is 6.78. The average molecular weight is 755 g/mol. The summed E-state index contributed by atoms with van der Waals surface area (Å²) in [6.07, 6.45) is 16.0. The third kappa shape index (κ3) is 8.58. The maximum atomic E-state index is 14.3. The zero-order chi connectivity index (χ0) is 38.0. The van der Waals surface area contributed by atoms with Gasteiger partial charge in [0.25, 0.3) is 5.91 Å². The number of Topliss-reactive ketones (excluding diaryl/α,β-unsaturated/α-hetero) is 1. The highest BCUT2D eigenvalue weighted by Crippen LogP contribution is 2.40. The first-order chi connectivity index (χ1) is 25.9. The maximum absolute atomic E-state index is 14.3. The standard InChI is InChI=1S/C43H58N6O4S/c1-5-6-27-7-11-29(12-8-27)30-17-19-49(20-18-30)33-24-44-39(45-25-33)31-13-9-28(10-14-31)21-34(47-40(51)36-15-16-37(54-36)42(2,3)4)38(50)43-23-32(48-43)22-35(41(52)53)46-26-43/h9-10,13-16,24-25,27,29-30,32,34-35,46,48H,5-8,11-12,17-23,26H2,1-4H3,(H,47,51)(H,52,53)/t27-,29-,32?,34-,35+,43+/m0/s1. The number of rotatable bonds is 12. The van der Waals surface area contributed by atoms with Gasteiger partial charge in [0.15, 0.2) is 11.6 Å². The largest absolute Gasteiger partial charge is 0.480 e. The molecule has 1 aliphatic carbocycles. The molecule has 3 aromatic rings. The topological polar surface area (TPSA) is 137 Å². The fraction of sp³-hybridized carbons (Fsp3) is 0.605. The highest BCUT2D eigenvalue weighted by atomic mass is 32.1. The van der Waals surface area contributed by atoms with E-state index in [9.17, 15) is 19.5 Å². The Kier molecular flexibility index (Phi) is 11.6. The number of carboxylic acids is 1. The van der Waals surface area contributed by atoms with Crippen molar-refractivity contribution in [2.75, 3.05) is 24.5 Å². The Labute approximate surface area is 324 Å². The second-order valence-corrected chi connectivity index (χ2v) is 18.6. The Morgan fingerprint density at radius 3 is 2.26 bits per heavy atom. The van der Waals surface area contributed by atoms with Crippen LogP contribution in [0.3, 0.4) is 0 Å². The van der Waals surface area contributed by atoms with Crippen LogP contribution in [0.5, 0.6) is 0 Å². The molecule has 2 aromatic heterocycles. The van der Waals surface area contributed by atoms with Gasteiger partial charge < -0.3 is 26.0 Å². The van der Waals surface area contributed by atoms with Crippen molar-refractivity contribution in [3.8, 4) is 11.4 Å². The molecule has 1 amide bonds. The molecule has 5 aliphatic rings. The number of thiophene rings is 1. The van der Waals surface area contributed by atoms with Crippen LogP contribution >= 0.6 is 11.3 Å². The van der Waals surface area contributed by atoms with Crippen LogP contribution in [0.2, 0.25) is 0 Å². The van der Waals surface area contributed by atoms with Crippen LogP contribution in [0.1, 0.15) is 112 Å². The van der Waals surface area contributed by atoms with Gasteiger partial charge in [-0.3, -0.25) is 14.4 Å². The van der Waals surface area contributed by atoms with Crippen molar-refractivity contribution in [3.63, 3.8) is 0 Å². The van der Waals surface area contributed by atoms with Crippen LogP contribution in [-0.2, 0) is 21.4 Å². The summed E-state index contributed by atoms with van der Waals surface area (Å²) in [5, 5.41) is 19.2. The number of ketones is 1. The van der Waals surface area contributed by atoms with Gasteiger partial charge in [0.1, 0.15) is 6.04 Å². The molecule has 4 saturated heterocycles. The first kappa shape index (κ1) is 38.6. The Balaban J connectivity index is 0.996. The zero-order valence-electron chi connectivity index (χ0n) is 32.4.